The summed E-state index contributed by atoms with van der Waals surface area (Å²) in [6.45, 7) is 2.33. The van der Waals surface area contributed by atoms with Gasteiger partial charge in [0.1, 0.15) is 10.6 Å². The van der Waals surface area contributed by atoms with Crippen LogP contribution in [0.25, 0.3) is 10.2 Å². The number of nitrogens with zero attached hydrogens (tertiary/aromatic N) is 2. The summed E-state index contributed by atoms with van der Waals surface area (Å²) in [5.41, 5.74) is 7.65. The summed E-state index contributed by atoms with van der Waals surface area (Å²) in [5, 5.41) is 9.37. The molecule has 0 atom stereocenters. The minimum absolute atomic E-state index is 0.267. The van der Waals surface area contributed by atoms with Crippen LogP contribution in [-0.4, -0.2) is 28.7 Å². The molecule has 0 aliphatic rings. The second kappa shape index (κ2) is 8.82. The van der Waals surface area contributed by atoms with E-state index in [9.17, 15) is 9.59 Å². The number of methoxy groups -OCH3 is 1. The van der Waals surface area contributed by atoms with E-state index >= 15 is 0 Å². The Morgan fingerprint density at radius 1 is 1.19 bits per heavy atom. The molecule has 0 saturated heterocycles. The average molecular weight is 489 g/mol. The van der Waals surface area contributed by atoms with E-state index in [1.807, 2.05) is 17.7 Å². The summed E-state index contributed by atoms with van der Waals surface area (Å²) in [5.74, 6) is -0.507. The lowest BCUT2D eigenvalue weighted by Crippen LogP contribution is -2.14. The molecule has 0 saturated carbocycles. The van der Waals surface area contributed by atoms with Crippen molar-refractivity contribution in [3.63, 3.8) is 0 Å². The molecule has 4 aromatic rings. The number of halogens is 2. The molecule has 2 amide bonds. The number of amides is 2. The number of nitrogens with two attached hydrogens (primary N) is 1. The molecule has 32 heavy (non-hydrogen) atoms. The van der Waals surface area contributed by atoms with Crippen molar-refractivity contribution >= 4 is 62.3 Å². The predicted octanol–water partition coefficient (Wildman–Crippen LogP) is 5.12. The van der Waals surface area contributed by atoms with Crippen molar-refractivity contribution in [1.29, 1.82) is 0 Å². The zero-order valence-corrected chi connectivity index (χ0v) is 19.4. The number of aromatic nitrogens is 2. The van der Waals surface area contributed by atoms with Crippen LogP contribution in [0.1, 0.15) is 31.3 Å². The molecule has 164 valence electrons. The number of aryl methyl sites for hydroxylation is 1. The molecule has 0 unspecified atom stereocenters. The number of thiophene rings is 1. The van der Waals surface area contributed by atoms with Crippen LogP contribution in [0, 0.1) is 6.92 Å². The monoisotopic (exact) mass is 488 g/mol. The normalized spacial score (nSPS) is 11.0. The lowest BCUT2D eigenvalue weighted by molar-refractivity contribution is 0.0996. The number of nitrogens with one attached hydrogen (secondary N) is 1. The van der Waals surface area contributed by atoms with E-state index in [1.165, 1.54) is 30.6 Å². The summed E-state index contributed by atoms with van der Waals surface area (Å²) in [7, 11) is 1.48. The molecule has 0 spiro atoms. The van der Waals surface area contributed by atoms with Gasteiger partial charge in [-0.3, -0.25) is 14.3 Å². The minimum atomic E-state index is -0.596. The van der Waals surface area contributed by atoms with Gasteiger partial charge in [-0.15, -0.1) is 11.3 Å². The maximum absolute atomic E-state index is 13.0. The number of rotatable bonds is 6. The molecule has 2 aromatic carbocycles. The summed E-state index contributed by atoms with van der Waals surface area (Å²) >= 11 is 13.6. The molecule has 10 heteroatoms. The number of fused-ring (bicyclic) bond motifs is 1. The number of benzene rings is 2. The van der Waals surface area contributed by atoms with Gasteiger partial charge in [-0.1, -0.05) is 29.3 Å². The molecule has 0 aliphatic heterocycles. The summed E-state index contributed by atoms with van der Waals surface area (Å²) in [6, 6.07) is 11.7. The molecule has 2 aromatic heterocycles. The van der Waals surface area contributed by atoms with Crippen molar-refractivity contribution < 1.29 is 14.3 Å². The van der Waals surface area contributed by atoms with Crippen LogP contribution in [0.5, 0.6) is 5.75 Å². The van der Waals surface area contributed by atoms with Crippen molar-refractivity contribution in [2.45, 2.75) is 13.5 Å². The maximum Gasteiger partial charge on any atom is 0.265 e. The van der Waals surface area contributed by atoms with Crippen LogP contribution in [-0.2, 0) is 6.54 Å². The fraction of sp³-hybridized carbons (Fsp3) is 0.136. The number of hydrogen-bond acceptors (Lipinski definition) is 5. The van der Waals surface area contributed by atoms with Gasteiger partial charge in [-0.2, -0.15) is 5.10 Å². The third-order valence-corrected chi connectivity index (χ3v) is 6.63. The van der Waals surface area contributed by atoms with Crippen LogP contribution in [0.3, 0.4) is 0 Å². The summed E-state index contributed by atoms with van der Waals surface area (Å²) in [6.07, 6.45) is 0. The first kappa shape index (κ1) is 22.1. The van der Waals surface area contributed by atoms with Gasteiger partial charge in [0.05, 0.1) is 29.9 Å². The van der Waals surface area contributed by atoms with Gasteiger partial charge in [0.2, 0.25) is 5.91 Å². The molecule has 2 heterocycles. The van der Waals surface area contributed by atoms with E-state index in [-0.39, 0.29) is 11.5 Å². The van der Waals surface area contributed by atoms with E-state index in [4.69, 9.17) is 33.7 Å². The number of carbonyl (C=O) groups is 2. The van der Waals surface area contributed by atoms with Crippen molar-refractivity contribution in [3.8, 4) is 5.75 Å². The van der Waals surface area contributed by atoms with Gasteiger partial charge in [0.25, 0.3) is 5.91 Å². The smallest absolute Gasteiger partial charge is 0.265 e. The van der Waals surface area contributed by atoms with Gasteiger partial charge in [-0.25, -0.2) is 0 Å². The second-order valence-electron chi connectivity index (χ2n) is 7.04. The first-order chi connectivity index (χ1) is 15.3. The standard InChI is InChI=1S/C22H18Cl2N4O3S/c1-11-15-9-19(21(30)26-17-7-12(20(25)29)4-6-18(17)31-2)32-22(15)28(27-11)10-13-3-5-14(23)8-16(13)24/h3-9H,10H2,1-2H3,(H2,25,29)(H,26,30). The molecule has 4 rings (SSSR count). The Kier molecular flexibility index (Phi) is 6.10. The average Bonchev–Trinajstić information content (AvgIpc) is 3.31. The van der Waals surface area contributed by atoms with E-state index in [2.05, 4.69) is 10.4 Å². The molecule has 0 bridgehead atoms. The van der Waals surface area contributed by atoms with Crippen LogP contribution in [0.15, 0.2) is 42.5 Å². The Hall–Kier alpha value is -3.07. The Morgan fingerprint density at radius 3 is 2.66 bits per heavy atom. The summed E-state index contributed by atoms with van der Waals surface area (Å²) in [4.78, 5) is 25.8. The lowest BCUT2D eigenvalue weighted by atomic mass is 10.1. The highest BCUT2D eigenvalue weighted by molar-refractivity contribution is 7.20. The molecule has 0 fully saturated rings. The highest BCUT2D eigenvalue weighted by Crippen LogP contribution is 2.32. The van der Waals surface area contributed by atoms with E-state index in [0.717, 1.165) is 21.5 Å². The predicted molar refractivity (Wildman–Crippen MR) is 127 cm³/mol. The van der Waals surface area contributed by atoms with E-state index in [0.29, 0.717) is 32.9 Å². The molecule has 0 aliphatic carbocycles. The van der Waals surface area contributed by atoms with Crippen LogP contribution < -0.4 is 15.8 Å². The Morgan fingerprint density at radius 2 is 1.97 bits per heavy atom. The second-order valence-corrected chi connectivity index (χ2v) is 8.92. The van der Waals surface area contributed by atoms with Crippen LogP contribution >= 0.6 is 34.5 Å². The fourth-order valence-electron chi connectivity index (χ4n) is 3.29. The highest BCUT2D eigenvalue weighted by atomic mass is 35.5. The first-order valence-electron chi connectivity index (χ1n) is 9.47. The van der Waals surface area contributed by atoms with Gasteiger partial charge in [0, 0.05) is 21.0 Å². The Bertz CT molecular complexity index is 1360. The number of primary amides is 1. The molecule has 3 N–H and O–H groups in total. The zero-order chi connectivity index (χ0) is 23.0. The fourth-order valence-corrected chi connectivity index (χ4v) is 4.81. The van der Waals surface area contributed by atoms with E-state index < -0.39 is 5.91 Å². The van der Waals surface area contributed by atoms with Crippen LogP contribution in [0.2, 0.25) is 10.0 Å². The number of carbonyl (C=O) groups excluding carboxylic acids is 2. The maximum atomic E-state index is 13.0. The van der Waals surface area contributed by atoms with Crippen LogP contribution in [0.4, 0.5) is 5.69 Å². The minimum Gasteiger partial charge on any atom is -0.495 e. The van der Waals surface area contributed by atoms with Gasteiger partial charge >= 0.3 is 0 Å². The topological polar surface area (TPSA) is 99.2 Å². The Labute approximate surface area is 197 Å². The number of anilines is 1. The Balaban J connectivity index is 1.65. The third kappa shape index (κ3) is 4.29. The number of hydrogen-bond donors (Lipinski definition) is 2. The van der Waals surface area contributed by atoms with Gasteiger partial charge in [0.15, 0.2) is 0 Å². The van der Waals surface area contributed by atoms with E-state index in [1.54, 1.807) is 24.3 Å². The molecular formula is C22H18Cl2N4O3S. The molecule has 7 nitrogen and oxygen atoms in total. The molecule has 0 radical (unpaired) electrons. The lowest BCUT2D eigenvalue weighted by Gasteiger charge is -2.10. The molecular weight excluding hydrogens is 471 g/mol. The summed E-state index contributed by atoms with van der Waals surface area (Å²) < 4.78 is 7.10. The number of ether oxygens (including phenoxy) is 1. The SMILES string of the molecule is COc1ccc(C(N)=O)cc1NC(=O)c1cc2c(C)nn(Cc3ccc(Cl)cc3Cl)c2s1. The van der Waals surface area contributed by atoms with Crippen molar-refractivity contribution in [2.24, 2.45) is 5.73 Å². The zero-order valence-electron chi connectivity index (χ0n) is 17.1. The first-order valence-corrected chi connectivity index (χ1v) is 11.0. The highest BCUT2D eigenvalue weighted by Gasteiger charge is 2.19. The van der Waals surface area contributed by atoms with Gasteiger partial charge < -0.3 is 15.8 Å². The van der Waals surface area contributed by atoms with Crippen molar-refractivity contribution in [2.75, 3.05) is 12.4 Å². The third-order valence-electron chi connectivity index (χ3n) is 4.90. The van der Waals surface area contributed by atoms with Gasteiger partial charge in [-0.05, 0) is 48.9 Å². The van der Waals surface area contributed by atoms with Crippen molar-refractivity contribution in [1.82, 2.24) is 9.78 Å². The largest absolute Gasteiger partial charge is 0.495 e. The quantitative estimate of drug-likeness (QED) is 0.393. The van der Waals surface area contributed by atoms with Crippen molar-refractivity contribution in [3.05, 3.63) is 74.2 Å².